The molecule has 1 aliphatic rings. The molecule has 2 aromatic carbocycles. The van der Waals surface area contributed by atoms with Crippen LogP contribution in [0, 0.1) is 0 Å². The Morgan fingerprint density at radius 1 is 1.00 bits per heavy atom. The highest BCUT2D eigenvalue weighted by atomic mass is 32.2. The van der Waals surface area contributed by atoms with Crippen molar-refractivity contribution in [3.63, 3.8) is 0 Å². The summed E-state index contributed by atoms with van der Waals surface area (Å²) in [5.41, 5.74) is 0. The second kappa shape index (κ2) is 5.61. The maximum absolute atomic E-state index is 6.31. The summed E-state index contributed by atoms with van der Waals surface area (Å²) in [6.07, 6.45) is 1.33. The molecule has 1 nitrogen and oxygen atoms in total. The first-order valence-electron chi connectivity index (χ1n) is 6.57. The molecule has 0 aliphatic carbocycles. The first-order chi connectivity index (χ1) is 9.29. The van der Waals surface area contributed by atoms with Crippen LogP contribution in [-0.4, -0.2) is 6.10 Å². The van der Waals surface area contributed by atoms with Crippen LogP contribution in [-0.2, 0) is 15.4 Å². The Labute approximate surface area is 121 Å². The number of benzene rings is 2. The van der Waals surface area contributed by atoms with Crippen LogP contribution in [0.4, 0.5) is 0 Å². The monoisotopic (exact) mass is 289 g/mol. The Kier molecular flexibility index (Phi) is 3.87. The highest BCUT2D eigenvalue weighted by molar-refractivity contribution is 8.02. The summed E-state index contributed by atoms with van der Waals surface area (Å²) in [6.45, 7) is 4.32. The average Bonchev–Trinajstić information content (AvgIpc) is 2.46. The molecule has 19 heavy (non-hydrogen) atoms. The lowest BCUT2D eigenvalue weighted by Gasteiger charge is -2.18. The number of fused-ring (bicyclic) bond motifs is 2. The van der Waals surface area contributed by atoms with Gasteiger partial charge in [-0.1, -0.05) is 43.0 Å². The summed E-state index contributed by atoms with van der Waals surface area (Å²) in [4.78, 5) is 5.30. The van der Waals surface area contributed by atoms with E-state index >= 15 is 0 Å². The second-order valence-electron chi connectivity index (χ2n) is 4.58. The van der Waals surface area contributed by atoms with Gasteiger partial charge in [0.1, 0.15) is 6.10 Å². The SMILES string of the molecule is CCC(C)O[S+]1c2ccccc2Sc2ccccc21. The van der Waals surface area contributed by atoms with E-state index in [2.05, 4.69) is 62.4 Å². The van der Waals surface area contributed by atoms with Gasteiger partial charge in [0.15, 0.2) is 0 Å². The van der Waals surface area contributed by atoms with Crippen LogP contribution in [0.3, 0.4) is 0 Å². The molecule has 0 spiro atoms. The third kappa shape index (κ3) is 2.55. The van der Waals surface area contributed by atoms with Gasteiger partial charge < -0.3 is 0 Å². The Morgan fingerprint density at radius 2 is 1.53 bits per heavy atom. The first-order valence-corrected chi connectivity index (χ1v) is 8.53. The molecular weight excluding hydrogens is 272 g/mol. The van der Waals surface area contributed by atoms with Gasteiger partial charge in [0.25, 0.3) is 0 Å². The molecule has 0 amide bonds. The fourth-order valence-corrected chi connectivity index (χ4v) is 5.33. The molecule has 0 fully saturated rings. The third-order valence-corrected chi connectivity index (χ3v) is 6.60. The predicted molar refractivity (Wildman–Crippen MR) is 81.7 cm³/mol. The van der Waals surface area contributed by atoms with Crippen molar-refractivity contribution in [2.24, 2.45) is 0 Å². The van der Waals surface area contributed by atoms with Crippen molar-refractivity contribution in [1.82, 2.24) is 0 Å². The molecule has 1 atom stereocenters. The van der Waals surface area contributed by atoms with Crippen molar-refractivity contribution in [1.29, 1.82) is 0 Å². The van der Waals surface area contributed by atoms with E-state index in [1.165, 1.54) is 19.6 Å². The fourth-order valence-electron chi connectivity index (χ4n) is 1.95. The van der Waals surface area contributed by atoms with E-state index in [1.54, 1.807) is 0 Å². The molecule has 3 heteroatoms. The summed E-state index contributed by atoms with van der Waals surface area (Å²) >= 11 is 1.60. The zero-order chi connectivity index (χ0) is 13.2. The Hall–Kier alpha value is -0.900. The summed E-state index contributed by atoms with van der Waals surface area (Å²) < 4.78 is 6.31. The van der Waals surface area contributed by atoms with Crippen LogP contribution in [0.5, 0.6) is 0 Å². The quantitative estimate of drug-likeness (QED) is 0.742. The molecule has 3 rings (SSSR count). The smallest absolute Gasteiger partial charge is 0.159 e. The second-order valence-corrected chi connectivity index (χ2v) is 7.27. The summed E-state index contributed by atoms with van der Waals surface area (Å²) in [7, 11) is 0. The Bertz CT molecular complexity index is 537. The molecule has 2 aromatic rings. The van der Waals surface area contributed by atoms with E-state index < -0.39 is 0 Å². The summed E-state index contributed by atoms with van der Waals surface area (Å²) in [5, 5.41) is 0. The van der Waals surface area contributed by atoms with Crippen molar-refractivity contribution in [3.8, 4) is 0 Å². The lowest BCUT2D eigenvalue weighted by Crippen LogP contribution is -2.19. The van der Waals surface area contributed by atoms with Gasteiger partial charge in [-0.25, -0.2) is 0 Å². The molecule has 0 bridgehead atoms. The molecule has 0 aromatic heterocycles. The molecule has 0 N–H and O–H groups in total. The Morgan fingerprint density at radius 3 is 2.05 bits per heavy atom. The molecule has 1 unspecified atom stereocenters. The molecule has 0 saturated carbocycles. The minimum absolute atomic E-state index is 0.245. The van der Waals surface area contributed by atoms with Gasteiger partial charge in [-0.15, -0.1) is 0 Å². The predicted octanol–water partition coefficient (Wildman–Crippen LogP) is 4.92. The Balaban J connectivity index is 2.06. The van der Waals surface area contributed by atoms with Gasteiger partial charge in [0, 0.05) is 0 Å². The largest absolute Gasteiger partial charge is 0.225 e. The van der Waals surface area contributed by atoms with Crippen LogP contribution in [0.15, 0.2) is 68.1 Å². The van der Waals surface area contributed by atoms with Gasteiger partial charge >= 0.3 is 0 Å². The third-order valence-electron chi connectivity index (χ3n) is 3.15. The standard InChI is InChI=1S/C16H17OS2/c1-3-12(2)17-19-15-10-6-4-8-13(15)18-14-9-5-7-11-16(14)19/h4-12H,3H2,1-2H3/q+1. The van der Waals surface area contributed by atoms with Crippen LogP contribution >= 0.6 is 11.8 Å². The van der Waals surface area contributed by atoms with Crippen LogP contribution in [0.2, 0.25) is 0 Å². The average molecular weight is 289 g/mol. The lowest BCUT2D eigenvalue weighted by molar-refractivity contribution is 0.248. The van der Waals surface area contributed by atoms with Gasteiger partial charge in [-0.05, 0) is 37.6 Å². The molecule has 1 aliphatic heterocycles. The molecule has 0 saturated heterocycles. The van der Waals surface area contributed by atoms with Crippen molar-refractivity contribution >= 4 is 22.9 Å². The topological polar surface area (TPSA) is 9.23 Å². The van der Waals surface area contributed by atoms with Gasteiger partial charge in [-0.3, -0.25) is 0 Å². The number of hydrogen-bond acceptors (Lipinski definition) is 2. The lowest BCUT2D eigenvalue weighted by atomic mass is 10.3. The van der Waals surface area contributed by atoms with E-state index in [1.807, 2.05) is 11.8 Å². The van der Waals surface area contributed by atoms with Gasteiger partial charge in [0.2, 0.25) is 21.0 Å². The van der Waals surface area contributed by atoms with E-state index in [4.69, 9.17) is 4.18 Å². The molecule has 98 valence electrons. The van der Waals surface area contributed by atoms with Crippen LogP contribution < -0.4 is 0 Å². The maximum atomic E-state index is 6.31. The fraction of sp³-hybridized carbons (Fsp3) is 0.250. The zero-order valence-electron chi connectivity index (χ0n) is 11.1. The molecule has 0 radical (unpaired) electrons. The normalized spacial score (nSPS) is 15.7. The molecular formula is C16H17OS2+. The van der Waals surface area contributed by atoms with E-state index in [9.17, 15) is 0 Å². The number of rotatable bonds is 3. The van der Waals surface area contributed by atoms with E-state index in [0.717, 1.165) is 6.42 Å². The van der Waals surface area contributed by atoms with Crippen molar-refractivity contribution < 1.29 is 4.18 Å². The highest BCUT2D eigenvalue weighted by Crippen LogP contribution is 2.46. The summed E-state index contributed by atoms with van der Waals surface area (Å²) in [5.74, 6) is 0. The first kappa shape index (κ1) is 13.1. The minimum atomic E-state index is -0.245. The van der Waals surface area contributed by atoms with Gasteiger partial charge in [0.05, 0.1) is 9.79 Å². The van der Waals surface area contributed by atoms with E-state index in [-0.39, 0.29) is 17.3 Å². The highest BCUT2D eigenvalue weighted by Gasteiger charge is 2.39. The van der Waals surface area contributed by atoms with E-state index in [0.29, 0.717) is 0 Å². The zero-order valence-corrected chi connectivity index (χ0v) is 12.8. The van der Waals surface area contributed by atoms with Gasteiger partial charge in [-0.2, -0.15) is 4.18 Å². The maximum Gasteiger partial charge on any atom is 0.225 e. The van der Waals surface area contributed by atoms with Crippen molar-refractivity contribution in [2.45, 2.75) is 46.0 Å². The van der Waals surface area contributed by atoms with Crippen molar-refractivity contribution in [3.05, 3.63) is 48.5 Å². The van der Waals surface area contributed by atoms with Crippen LogP contribution in [0.1, 0.15) is 20.3 Å². The minimum Gasteiger partial charge on any atom is -0.159 e. The number of hydrogen-bond donors (Lipinski definition) is 0. The van der Waals surface area contributed by atoms with Crippen molar-refractivity contribution in [2.75, 3.05) is 0 Å². The van der Waals surface area contributed by atoms with Crippen LogP contribution in [0.25, 0.3) is 0 Å². The molecule has 1 heterocycles. The summed E-state index contributed by atoms with van der Waals surface area (Å²) in [6, 6.07) is 17.2.